The number of esters is 1. The molecule has 0 radical (unpaired) electrons. The second-order valence-electron chi connectivity index (χ2n) is 6.22. The van der Waals surface area contributed by atoms with Gasteiger partial charge in [-0.05, 0) is 44.4 Å². The Morgan fingerprint density at radius 3 is 2.42 bits per heavy atom. The molecule has 3 heteroatoms. The van der Waals surface area contributed by atoms with Gasteiger partial charge in [-0.15, -0.1) is 0 Å². The summed E-state index contributed by atoms with van der Waals surface area (Å²) in [6.45, 7) is 7.25. The fraction of sp³-hybridized carbons (Fsp3) is 0.938. The zero-order valence-electron chi connectivity index (χ0n) is 13.0. The molecule has 0 aromatic rings. The van der Waals surface area contributed by atoms with Crippen LogP contribution in [0, 0.1) is 17.3 Å². The Morgan fingerprint density at radius 1 is 1.32 bits per heavy atom. The SMILES string of the molecule is CCOC(=O)C(CCC(C)C)(COC)C1CCCC1. The largest absolute Gasteiger partial charge is 0.465 e. The van der Waals surface area contributed by atoms with Crippen LogP contribution in [-0.2, 0) is 14.3 Å². The molecular weight excluding hydrogens is 240 g/mol. The van der Waals surface area contributed by atoms with Crippen molar-refractivity contribution in [2.45, 2.75) is 59.3 Å². The number of hydrogen-bond donors (Lipinski definition) is 0. The Hall–Kier alpha value is -0.570. The number of rotatable bonds is 8. The summed E-state index contributed by atoms with van der Waals surface area (Å²) in [6, 6.07) is 0. The Kier molecular flexibility index (Phi) is 6.84. The molecule has 112 valence electrons. The Bertz CT molecular complexity index is 269. The van der Waals surface area contributed by atoms with Crippen LogP contribution >= 0.6 is 0 Å². The Balaban J connectivity index is 2.90. The molecule has 1 saturated carbocycles. The molecule has 1 aliphatic carbocycles. The molecule has 0 aliphatic heterocycles. The van der Waals surface area contributed by atoms with Gasteiger partial charge in [0.15, 0.2) is 0 Å². The maximum Gasteiger partial charge on any atom is 0.314 e. The van der Waals surface area contributed by atoms with Gasteiger partial charge >= 0.3 is 5.97 Å². The fourth-order valence-corrected chi connectivity index (χ4v) is 3.28. The summed E-state index contributed by atoms with van der Waals surface area (Å²) in [5, 5.41) is 0. The first-order chi connectivity index (χ1) is 9.06. The van der Waals surface area contributed by atoms with Crippen molar-refractivity contribution in [3.05, 3.63) is 0 Å². The first kappa shape index (κ1) is 16.5. The predicted molar refractivity (Wildman–Crippen MR) is 77.0 cm³/mol. The first-order valence-corrected chi connectivity index (χ1v) is 7.73. The Morgan fingerprint density at radius 2 is 1.95 bits per heavy atom. The third-order valence-corrected chi connectivity index (χ3v) is 4.39. The minimum absolute atomic E-state index is 0.0376. The molecule has 0 aromatic heterocycles. The minimum atomic E-state index is -0.411. The summed E-state index contributed by atoms with van der Waals surface area (Å²) >= 11 is 0. The van der Waals surface area contributed by atoms with E-state index >= 15 is 0 Å². The van der Waals surface area contributed by atoms with E-state index in [4.69, 9.17) is 9.47 Å². The van der Waals surface area contributed by atoms with Gasteiger partial charge in [0.1, 0.15) is 0 Å². The predicted octanol–water partition coefficient (Wildman–Crippen LogP) is 3.81. The van der Waals surface area contributed by atoms with Gasteiger partial charge in [-0.2, -0.15) is 0 Å². The van der Waals surface area contributed by atoms with Crippen LogP contribution in [0.1, 0.15) is 59.3 Å². The molecule has 0 bridgehead atoms. The average molecular weight is 270 g/mol. The molecule has 0 heterocycles. The van der Waals surface area contributed by atoms with Gasteiger partial charge in [0.25, 0.3) is 0 Å². The topological polar surface area (TPSA) is 35.5 Å². The summed E-state index contributed by atoms with van der Waals surface area (Å²) < 4.78 is 10.8. The summed E-state index contributed by atoms with van der Waals surface area (Å²) in [6.07, 6.45) is 6.69. The second-order valence-corrected chi connectivity index (χ2v) is 6.22. The van der Waals surface area contributed by atoms with Crippen molar-refractivity contribution >= 4 is 5.97 Å². The van der Waals surface area contributed by atoms with Crippen molar-refractivity contribution in [1.82, 2.24) is 0 Å². The van der Waals surface area contributed by atoms with Gasteiger partial charge in [0, 0.05) is 7.11 Å². The van der Waals surface area contributed by atoms with E-state index in [1.165, 1.54) is 12.8 Å². The third-order valence-electron chi connectivity index (χ3n) is 4.39. The highest BCUT2D eigenvalue weighted by molar-refractivity contribution is 5.77. The second kappa shape index (κ2) is 7.88. The van der Waals surface area contributed by atoms with Crippen molar-refractivity contribution in [2.24, 2.45) is 17.3 Å². The standard InChI is InChI=1S/C16H30O3/c1-5-19-15(17)16(12-18-4,11-10-13(2)3)14-8-6-7-9-14/h13-14H,5-12H2,1-4H3. The average Bonchev–Trinajstić information content (AvgIpc) is 2.88. The molecule has 1 rings (SSSR count). The summed E-state index contributed by atoms with van der Waals surface area (Å²) in [5.41, 5.74) is -0.411. The van der Waals surface area contributed by atoms with Gasteiger partial charge in [-0.1, -0.05) is 26.7 Å². The molecule has 0 aromatic carbocycles. The molecule has 0 N–H and O–H groups in total. The molecule has 1 atom stereocenters. The van der Waals surface area contributed by atoms with E-state index in [0.29, 0.717) is 25.0 Å². The first-order valence-electron chi connectivity index (χ1n) is 7.73. The summed E-state index contributed by atoms with van der Waals surface area (Å²) in [7, 11) is 1.69. The highest BCUT2D eigenvalue weighted by Gasteiger charge is 2.47. The number of hydrogen-bond acceptors (Lipinski definition) is 3. The molecule has 3 nitrogen and oxygen atoms in total. The lowest BCUT2D eigenvalue weighted by atomic mass is 9.70. The van der Waals surface area contributed by atoms with E-state index in [0.717, 1.165) is 25.7 Å². The van der Waals surface area contributed by atoms with Crippen LogP contribution in [0.25, 0.3) is 0 Å². The lowest BCUT2D eigenvalue weighted by Crippen LogP contribution is -2.43. The summed E-state index contributed by atoms with van der Waals surface area (Å²) in [5.74, 6) is 1.00. The fourth-order valence-electron chi connectivity index (χ4n) is 3.28. The van der Waals surface area contributed by atoms with E-state index in [1.807, 2.05) is 6.92 Å². The van der Waals surface area contributed by atoms with Crippen molar-refractivity contribution in [3.8, 4) is 0 Å². The van der Waals surface area contributed by atoms with Gasteiger partial charge in [0.05, 0.1) is 18.6 Å². The normalized spacial score (nSPS) is 19.6. The molecule has 0 spiro atoms. The summed E-state index contributed by atoms with van der Waals surface area (Å²) in [4.78, 5) is 12.6. The molecule has 0 saturated heterocycles. The van der Waals surface area contributed by atoms with Gasteiger partial charge in [-0.3, -0.25) is 4.79 Å². The van der Waals surface area contributed by atoms with Crippen molar-refractivity contribution in [3.63, 3.8) is 0 Å². The van der Waals surface area contributed by atoms with E-state index in [2.05, 4.69) is 13.8 Å². The van der Waals surface area contributed by atoms with Crippen LogP contribution in [0.5, 0.6) is 0 Å². The number of methoxy groups -OCH3 is 1. The van der Waals surface area contributed by atoms with E-state index in [1.54, 1.807) is 7.11 Å². The maximum absolute atomic E-state index is 12.6. The van der Waals surface area contributed by atoms with E-state index in [9.17, 15) is 4.79 Å². The van der Waals surface area contributed by atoms with Crippen LogP contribution in [0.15, 0.2) is 0 Å². The number of carbonyl (C=O) groups is 1. The monoisotopic (exact) mass is 270 g/mol. The van der Waals surface area contributed by atoms with Crippen LogP contribution in [0.4, 0.5) is 0 Å². The highest BCUT2D eigenvalue weighted by atomic mass is 16.5. The van der Waals surface area contributed by atoms with Crippen LogP contribution in [0.2, 0.25) is 0 Å². The molecular formula is C16H30O3. The van der Waals surface area contributed by atoms with Gasteiger partial charge in [-0.25, -0.2) is 0 Å². The van der Waals surface area contributed by atoms with Crippen LogP contribution in [0.3, 0.4) is 0 Å². The third kappa shape index (κ3) is 4.20. The van der Waals surface area contributed by atoms with Gasteiger partial charge < -0.3 is 9.47 Å². The quantitative estimate of drug-likeness (QED) is 0.629. The molecule has 1 fully saturated rings. The zero-order valence-corrected chi connectivity index (χ0v) is 13.0. The van der Waals surface area contributed by atoms with E-state index < -0.39 is 5.41 Å². The highest BCUT2D eigenvalue weighted by Crippen LogP contribution is 2.45. The maximum atomic E-state index is 12.6. The molecule has 1 aliphatic rings. The van der Waals surface area contributed by atoms with Gasteiger partial charge in [0.2, 0.25) is 0 Å². The minimum Gasteiger partial charge on any atom is -0.465 e. The van der Waals surface area contributed by atoms with E-state index in [-0.39, 0.29) is 5.97 Å². The number of ether oxygens (including phenoxy) is 2. The van der Waals surface area contributed by atoms with Crippen LogP contribution < -0.4 is 0 Å². The van der Waals surface area contributed by atoms with Crippen molar-refractivity contribution in [2.75, 3.05) is 20.3 Å². The molecule has 19 heavy (non-hydrogen) atoms. The van der Waals surface area contributed by atoms with Crippen molar-refractivity contribution < 1.29 is 14.3 Å². The lowest BCUT2D eigenvalue weighted by molar-refractivity contribution is -0.164. The smallest absolute Gasteiger partial charge is 0.314 e. The molecule has 0 amide bonds. The number of carbonyl (C=O) groups excluding carboxylic acids is 1. The van der Waals surface area contributed by atoms with Crippen molar-refractivity contribution in [1.29, 1.82) is 0 Å². The molecule has 1 unspecified atom stereocenters. The lowest BCUT2D eigenvalue weighted by Gasteiger charge is -2.36. The Labute approximate surface area is 118 Å². The van der Waals surface area contributed by atoms with Crippen LogP contribution in [-0.4, -0.2) is 26.3 Å². The zero-order chi connectivity index (χ0) is 14.3.